The molecule has 4 amide bonds. The molecule has 7 rings (SSSR count). The molecule has 2 aliphatic rings. The van der Waals surface area contributed by atoms with Crippen LogP contribution in [0.25, 0.3) is 43.1 Å². The maximum absolute atomic E-state index is 14.4. The fourth-order valence-corrected chi connectivity index (χ4v) is 9.53. The second-order valence-corrected chi connectivity index (χ2v) is 15.5. The number of carbonyl (C=O) groups excluding carboxylic acids is 4. The molecule has 0 spiro atoms. The number of thioether (sulfide) groups is 2. The molecule has 0 aromatic heterocycles. The lowest BCUT2D eigenvalue weighted by molar-refractivity contribution is 0.0526. The number of hydrogen-bond acceptors (Lipinski definition) is 12. The van der Waals surface area contributed by atoms with Crippen molar-refractivity contribution in [3.8, 4) is 10.8 Å². The van der Waals surface area contributed by atoms with Crippen molar-refractivity contribution in [3.05, 3.63) is 46.5 Å². The summed E-state index contributed by atoms with van der Waals surface area (Å²) >= 11 is 11.9. The van der Waals surface area contributed by atoms with Crippen LogP contribution < -0.4 is 0 Å². The van der Waals surface area contributed by atoms with Crippen LogP contribution in [0.2, 0.25) is 0 Å². The van der Waals surface area contributed by atoms with E-state index >= 15 is 0 Å². The van der Waals surface area contributed by atoms with Gasteiger partial charge >= 0.3 is 0 Å². The topological polar surface area (TPSA) is 147 Å². The first-order chi connectivity index (χ1) is 26.1. The Morgan fingerprint density at radius 3 is 1.26 bits per heavy atom. The highest BCUT2D eigenvalue weighted by atomic mass is 32.2. The molecule has 268 valence electrons. The van der Waals surface area contributed by atoms with Crippen molar-refractivity contribution in [1.29, 1.82) is 10.5 Å². The molecule has 14 heteroatoms. The van der Waals surface area contributed by atoms with Crippen molar-refractivity contribution < 1.29 is 19.2 Å². The van der Waals surface area contributed by atoms with E-state index in [9.17, 15) is 29.7 Å². The highest BCUT2D eigenvalue weighted by Crippen LogP contribution is 2.56. The normalized spacial score (nSPS) is 14.8. The van der Waals surface area contributed by atoms with Crippen molar-refractivity contribution >= 4 is 136 Å². The largest absolute Gasteiger partial charge is 0.272 e. The minimum Gasteiger partial charge on any atom is -0.272 e. The van der Waals surface area contributed by atoms with Gasteiger partial charge in [-0.25, -0.2) is 0 Å². The number of benzene rings is 5. The zero-order valence-corrected chi connectivity index (χ0v) is 32.9. The zero-order chi connectivity index (χ0) is 38.6. The van der Waals surface area contributed by atoms with Gasteiger partial charge in [-0.15, -0.1) is 0 Å². The predicted molar refractivity (Wildman–Crippen MR) is 219 cm³/mol. The van der Waals surface area contributed by atoms with Crippen LogP contribution in [-0.4, -0.2) is 55.8 Å². The van der Waals surface area contributed by atoms with Crippen LogP contribution in [0.1, 0.15) is 108 Å². The van der Waals surface area contributed by atoms with Crippen molar-refractivity contribution in [2.75, 3.05) is 0 Å². The van der Waals surface area contributed by atoms with Crippen molar-refractivity contribution in [2.24, 2.45) is 9.98 Å². The summed E-state index contributed by atoms with van der Waals surface area (Å²) < 4.78 is 0. The molecule has 54 heavy (non-hydrogen) atoms. The number of carbonyl (C=O) groups is 4. The van der Waals surface area contributed by atoms with Gasteiger partial charge < -0.3 is 0 Å². The van der Waals surface area contributed by atoms with Gasteiger partial charge in [0, 0.05) is 76.1 Å². The molecule has 5 aromatic rings. The molecular formula is C40H30N6O4S4. The van der Waals surface area contributed by atoms with E-state index in [1.807, 2.05) is 27.7 Å². The molecule has 0 saturated heterocycles. The lowest BCUT2D eigenvalue weighted by atomic mass is 9.80. The van der Waals surface area contributed by atoms with Gasteiger partial charge in [0.1, 0.15) is 10.8 Å². The van der Waals surface area contributed by atoms with E-state index in [4.69, 9.17) is 24.4 Å². The minimum atomic E-state index is -0.497. The second kappa shape index (κ2) is 14.7. The Balaban J connectivity index is 1.76. The first kappa shape index (κ1) is 37.3. The third-order valence-corrected chi connectivity index (χ3v) is 11.9. The summed E-state index contributed by atoms with van der Waals surface area (Å²) in [5.74, 6) is -1.98. The molecule has 2 heterocycles. The highest BCUT2D eigenvalue weighted by molar-refractivity contribution is 8.04. The molecule has 10 nitrogen and oxygen atoms in total. The van der Waals surface area contributed by atoms with Crippen LogP contribution in [0.4, 0.5) is 11.4 Å². The van der Waals surface area contributed by atoms with E-state index in [2.05, 4.69) is 31.1 Å². The van der Waals surface area contributed by atoms with Gasteiger partial charge in [-0.2, -0.15) is 20.5 Å². The predicted octanol–water partition coefficient (Wildman–Crippen LogP) is 10.7. The van der Waals surface area contributed by atoms with Gasteiger partial charge in [0.15, 0.2) is 0 Å². The number of thiocyanates is 2. The van der Waals surface area contributed by atoms with Crippen molar-refractivity contribution in [3.63, 3.8) is 0 Å². The number of imide groups is 2. The van der Waals surface area contributed by atoms with E-state index in [0.717, 1.165) is 49.2 Å². The number of rotatable bonds is 12. The summed E-state index contributed by atoms with van der Waals surface area (Å²) in [5.41, 5.74) is 1.36. The number of nitriles is 2. The molecule has 0 radical (unpaired) electrons. The van der Waals surface area contributed by atoms with Crippen LogP contribution >= 0.6 is 48.0 Å². The quantitative estimate of drug-likeness (QED) is 0.0228. The molecule has 2 atom stereocenters. The Morgan fingerprint density at radius 2 is 0.944 bits per heavy atom. The standard InChI is InChI=1S/C40H30N6O4S4/c1-5-7-9-19(3)45-37(47)21-11-25(43-17-51)31-32-26(44-18-52)12-22-30-24(40(50)46(38(22)48)20(4)10-8-6-2)14-28(54-16-42)34(36(30)32)33-27(53-15-41)13-23(39(45)49)29(21)35(31)33/h11-14,19-20H,5-10H2,1-4H3. The van der Waals surface area contributed by atoms with Crippen LogP contribution in [0.3, 0.4) is 0 Å². The molecule has 0 fully saturated rings. The third kappa shape index (κ3) is 5.45. The van der Waals surface area contributed by atoms with Crippen LogP contribution in [0.5, 0.6) is 0 Å². The monoisotopic (exact) mass is 786 g/mol. The summed E-state index contributed by atoms with van der Waals surface area (Å²) in [4.78, 5) is 70.0. The Kier molecular flexibility index (Phi) is 10.1. The van der Waals surface area contributed by atoms with Gasteiger partial charge in [-0.05, 0) is 98.9 Å². The molecule has 0 aliphatic carbocycles. The van der Waals surface area contributed by atoms with E-state index < -0.39 is 35.7 Å². The Bertz CT molecular complexity index is 2530. The number of fused-ring (bicyclic) bond motifs is 2. The first-order valence-electron chi connectivity index (χ1n) is 17.5. The molecule has 2 aliphatic heterocycles. The van der Waals surface area contributed by atoms with Gasteiger partial charge in [-0.3, -0.25) is 29.0 Å². The van der Waals surface area contributed by atoms with Gasteiger partial charge in [0.25, 0.3) is 23.6 Å². The van der Waals surface area contributed by atoms with Gasteiger partial charge in [-0.1, -0.05) is 39.5 Å². The number of nitrogens with zero attached hydrogens (tertiary/aromatic N) is 6. The SMILES string of the molecule is CCCCC(C)N1C(=O)c2cc(N=C=S)c3c4c(N=C=S)cc5c6c(cc(SC#N)c(c7c(SC#N)cc(c2c37)C1=O)c64)C(=O)N(C(C)CCCC)C5=O. The van der Waals surface area contributed by atoms with Crippen LogP contribution in [0.15, 0.2) is 44.0 Å². The van der Waals surface area contributed by atoms with Crippen molar-refractivity contribution in [1.82, 2.24) is 9.80 Å². The Labute approximate surface area is 329 Å². The average molecular weight is 787 g/mol. The molecule has 5 aromatic carbocycles. The first-order valence-corrected chi connectivity index (χ1v) is 19.9. The number of isothiocyanates is 2. The van der Waals surface area contributed by atoms with E-state index in [1.165, 1.54) is 9.80 Å². The second-order valence-electron chi connectivity index (χ2n) is 13.5. The lowest BCUT2D eigenvalue weighted by Crippen LogP contribution is -2.46. The summed E-state index contributed by atoms with van der Waals surface area (Å²) in [6.45, 7) is 7.75. The van der Waals surface area contributed by atoms with Crippen LogP contribution in [-0.2, 0) is 0 Å². The summed E-state index contributed by atoms with van der Waals surface area (Å²) in [5, 5.41) is 32.8. The van der Waals surface area contributed by atoms with E-state index in [-0.39, 0.29) is 33.6 Å². The number of aliphatic imine (C=N–C) groups is 2. The lowest BCUT2D eigenvalue weighted by Gasteiger charge is -2.35. The molecule has 0 saturated carbocycles. The van der Waals surface area contributed by atoms with Gasteiger partial charge in [0.2, 0.25) is 0 Å². The number of amides is 4. The number of thiocarbonyl (C=S) groups is 2. The number of unbranched alkanes of at least 4 members (excludes halogenated alkanes) is 2. The maximum atomic E-state index is 14.4. The molecular weight excluding hydrogens is 757 g/mol. The minimum absolute atomic E-state index is 0.218. The Hall–Kier alpha value is -5.04. The summed E-state index contributed by atoms with van der Waals surface area (Å²) in [6.07, 6.45) is 4.59. The van der Waals surface area contributed by atoms with Crippen molar-refractivity contribution in [2.45, 2.75) is 88.1 Å². The molecule has 0 N–H and O–H groups in total. The maximum Gasteiger partial charge on any atom is 0.261 e. The highest BCUT2D eigenvalue weighted by Gasteiger charge is 2.42. The molecule has 2 unspecified atom stereocenters. The number of hydrogen-bond donors (Lipinski definition) is 0. The van der Waals surface area contributed by atoms with E-state index in [1.54, 1.807) is 24.3 Å². The smallest absolute Gasteiger partial charge is 0.261 e. The fraction of sp³-hybridized carbons (Fsp3) is 0.300. The van der Waals surface area contributed by atoms with Crippen LogP contribution in [0, 0.1) is 21.3 Å². The van der Waals surface area contributed by atoms with Gasteiger partial charge in [0.05, 0.1) is 32.8 Å². The Morgan fingerprint density at radius 1 is 0.593 bits per heavy atom. The van der Waals surface area contributed by atoms with E-state index in [0.29, 0.717) is 65.7 Å². The zero-order valence-electron chi connectivity index (χ0n) is 29.7. The summed E-state index contributed by atoms with van der Waals surface area (Å²) in [7, 11) is 0. The average Bonchev–Trinajstić information content (AvgIpc) is 3.15. The fourth-order valence-electron chi connectivity index (χ4n) is 8.17. The molecule has 0 bridgehead atoms. The summed E-state index contributed by atoms with van der Waals surface area (Å²) in [6, 6.07) is 5.59. The third-order valence-electron chi connectivity index (χ3n) is 10.5.